The fraction of sp³-hybridized carbons (Fsp3) is 0.400. The summed E-state index contributed by atoms with van der Waals surface area (Å²) in [6.07, 6.45) is 2.35. The first kappa shape index (κ1) is 19.9. The molecular weight excluding hydrogens is 336 g/mol. The molecule has 26 heavy (non-hydrogen) atoms. The maximum absolute atomic E-state index is 9.89. The fourth-order valence-corrected chi connectivity index (χ4v) is 3.24. The Morgan fingerprint density at radius 3 is 1.58 bits per heavy atom. The number of hydrogen-bond donors (Lipinski definition) is 6. The van der Waals surface area contributed by atoms with Crippen LogP contribution < -0.4 is 0 Å². The molecule has 0 aliphatic carbocycles. The van der Waals surface area contributed by atoms with E-state index in [0.29, 0.717) is 25.7 Å². The van der Waals surface area contributed by atoms with Gasteiger partial charge in [0.05, 0.1) is 0 Å². The molecule has 2 rings (SSSR count). The predicted octanol–water partition coefficient (Wildman–Crippen LogP) is 2.29. The molecule has 0 fully saturated rings. The lowest BCUT2D eigenvalue weighted by Gasteiger charge is -2.26. The molecular formula is C20H26O6. The van der Waals surface area contributed by atoms with Crippen molar-refractivity contribution in [2.45, 2.75) is 25.7 Å². The van der Waals surface area contributed by atoms with E-state index in [1.54, 1.807) is 12.1 Å². The van der Waals surface area contributed by atoms with E-state index in [0.717, 1.165) is 11.1 Å². The zero-order valence-electron chi connectivity index (χ0n) is 14.5. The van der Waals surface area contributed by atoms with Crippen molar-refractivity contribution in [3.8, 4) is 23.0 Å². The second-order valence-electron chi connectivity index (χ2n) is 6.62. The number of aliphatic hydroxyl groups is 2. The van der Waals surface area contributed by atoms with Gasteiger partial charge in [-0.2, -0.15) is 0 Å². The van der Waals surface area contributed by atoms with Crippen molar-refractivity contribution in [1.29, 1.82) is 0 Å². The van der Waals surface area contributed by atoms with Crippen LogP contribution in [0.2, 0.25) is 0 Å². The van der Waals surface area contributed by atoms with Crippen LogP contribution in [0.25, 0.3) is 0 Å². The van der Waals surface area contributed by atoms with Crippen LogP contribution >= 0.6 is 0 Å². The number of aliphatic hydroxyl groups excluding tert-OH is 2. The Hall–Kier alpha value is -2.44. The molecule has 0 amide bonds. The van der Waals surface area contributed by atoms with Gasteiger partial charge in [-0.05, 0) is 72.9 Å². The molecule has 2 atom stereocenters. The van der Waals surface area contributed by atoms with Gasteiger partial charge in [0, 0.05) is 13.2 Å². The van der Waals surface area contributed by atoms with E-state index >= 15 is 0 Å². The number of hydrogen-bond acceptors (Lipinski definition) is 6. The van der Waals surface area contributed by atoms with Gasteiger partial charge in [-0.25, -0.2) is 0 Å². The number of aromatic hydroxyl groups is 4. The summed E-state index contributed by atoms with van der Waals surface area (Å²) in [6, 6.07) is 9.25. The van der Waals surface area contributed by atoms with Gasteiger partial charge in [-0.15, -0.1) is 0 Å². The number of benzene rings is 2. The van der Waals surface area contributed by atoms with Crippen LogP contribution in [-0.2, 0) is 12.8 Å². The molecule has 6 heteroatoms. The van der Waals surface area contributed by atoms with E-state index in [-0.39, 0.29) is 48.0 Å². The number of phenols is 4. The summed E-state index contributed by atoms with van der Waals surface area (Å²) in [5.41, 5.74) is 1.62. The molecule has 6 N–H and O–H groups in total. The molecule has 2 aromatic carbocycles. The average molecular weight is 362 g/mol. The van der Waals surface area contributed by atoms with E-state index in [2.05, 4.69) is 0 Å². The summed E-state index contributed by atoms with van der Waals surface area (Å²) in [6.45, 7) is -0.0166. The van der Waals surface area contributed by atoms with Crippen molar-refractivity contribution in [1.82, 2.24) is 0 Å². The maximum atomic E-state index is 9.89. The molecule has 0 bridgehead atoms. The summed E-state index contributed by atoms with van der Waals surface area (Å²) in [7, 11) is 0. The summed E-state index contributed by atoms with van der Waals surface area (Å²) < 4.78 is 0. The molecule has 2 aromatic rings. The van der Waals surface area contributed by atoms with Gasteiger partial charge in [0.2, 0.25) is 0 Å². The van der Waals surface area contributed by atoms with Gasteiger partial charge in [-0.3, -0.25) is 0 Å². The molecule has 0 radical (unpaired) electrons. The van der Waals surface area contributed by atoms with E-state index < -0.39 is 0 Å². The zero-order chi connectivity index (χ0) is 19.1. The highest BCUT2D eigenvalue weighted by atomic mass is 16.3. The van der Waals surface area contributed by atoms with E-state index in [1.165, 1.54) is 24.3 Å². The van der Waals surface area contributed by atoms with Crippen LogP contribution in [0.15, 0.2) is 36.4 Å². The third kappa shape index (κ3) is 5.28. The highest BCUT2D eigenvalue weighted by Crippen LogP contribution is 2.32. The molecule has 0 aromatic heterocycles. The average Bonchev–Trinajstić information content (AvgIpc) is 2.62. The topological polar surface area (TPSA) is 121 Å². The largest absolute Gasteiger partial charge is 0.504 e. The van der Waals surface area contributed by atoms with Crippen LogP contribution in [0.3, 0.4) is 0 Å². The predicted molar refractivity (Wildman–Crippen MR) is 97.3 cm³/mol. The standard InChI is InChI=1S/C20H26O6/c21-7-1-2-15(8-13-3-5-17(23)19(25)10-13)16(12-22)9-14-4-6-18(24)20(26)11-14/h3-6,10-11,15-16,21-26H,1-2,7-9,12H2/t15-,16+/m0/s1. The lowest BCUT2D eigenvalue weighted by molar-refractivity contribution is 0.158. The van der Waals surface area contributed by atoms with Crippen LogP contribution in [-0.4, -0.2) is 43.9 Å². The van der Waals surface area contributed by atoms with Gasteiger partial charge in [0.25, 0.3) is 0 Å². The Morgan fingerprint density at radius 2 is 1.15 bits per heavy atom. The van der Waals surface area contributed by atoms with E-state index in [1.807, 2.05) is 0 Å². The molecule has 0 heterocycles. The van der Waals surface area contributed by atoms with E-state index in [4.69, 9.17) is 0 Å². The minimum atomic E-state index is -0.199. The molecule has 142 valence electrons. The first-order chi connectivity index (χ1) is 12.4. The van der Waals surface area contributed by atoms with Gasteiger partial charge in [0.15, 0.2) is 23.0 Å². The molecule has 0 saturated heterocycles. The van der Waals surface area contributed by atoms with Crippen LogP contribution in [0, 0.1) is 11.8 Å². The highest BCUT2D eigenvalue weighted by Gasteiger charge is 2.22. The third-order valence-electron chi connectivity index (χ3n) is 4.71. The minimum absolute atomic E-state index is 0.0343. The molecule has 0 spiro atoms. The SMILES string of the molecule is OCCC[C@@H](Cc1ccc(O)c(O)c1)[C@@H](CO)Cc1ccc(O)c(O)c1. The first-order valence-corrected chi connectivity index (χ1v) is 8.68. The van der Waals surface area contributed by atoms with Crippen molar-refractivity contribution in [2.24, 2.45) is 11.8 Å². The fourth-order valence-electron chi connectivity index (χ4n) is 3.24. The summed E-state index contributed by atoms with van der Waals surface area (Å²) in [4.78, 5) is 0. The number of rotatable bonds is 9. The lowest BCUT2D eigenvalue weighted by Crippen LogP contribution is -2.23. The second kappa shape index (κ2) is 9.31. The van der Waals surface area contributed by atoms with Gasteiger partial charge >= 0.3 is 0 Å². The van der Waals surface area contributed by atoms with Crippen molar-refractivity contribution < 1.29 is 30.6 Å². The van der Waals surface area contributed by atoms with Crippen molar-refractivity contribution >= 4 is 0 Å². The molecule has 0 unspecified atom stereocenters. The molecule has 0 aliphatic rings. The van der Waals surface area contributed by atoms with Crippen LogP contribution in [0.5, 0.6) is 23.0 Å². The van der Waals surface area contributed by atoms with Crippen LogP contribution in [0.1, 0.15) is 24.0 Å². The summed E-state index contributed by atoms with van der Waals surface area (Å²) in [5.74, 6) is -0.847. The third-order valence-corrected chi connectivity index (χ3v) is 4.71. The van der Waals surface area contributed by atoms with Crippen LogP contribution in [0.4, 0.5) is 0 Å². The van der Waals surface area contributed by atoms with Crippen molar-refractivity contribution in [2.75, 3.05) is 13.2 Å². The number of phenolic OH excluding ortho intramolecular Hbond substituents is 4. The monoisotopic (exact) mass is 362 g/mol. The Morgan fingerprint density at radius 1 is 0.654 bits per heavy atom. The quantitative estimate of drug-likeness (QED) is 0.381. The highest BCUT2D eigenvalue weighted by molar-refractivity contribution is 5.41. The normalized spacial score (nSPS) is 13.5. The van der Waals surface area contributed by atoms with E-state index in [9.17, 15) is 30.6 Å². The van der Waals surface area contributed by atoms with Gasteiger partial charge in [0.1, 0.15) is 0 Å². The second-order valence-corrected chi connectivity index (χ2v) is 6.62. The Balaban J connectivity index is 2.17. The van der Waals surface area contributed by atoms with Gasteiger partial charge in [-0.1, -0.05) is 12.1 Å². The van der Waals surface area contributed by atoms with Crippen molar-refractivity contribution in [3.63, 3.8) is 0 Å². The molecule has 0 aliphatic heterocycles. The first-order valence-electron chi connectivity index (χ1n) is 8.68. The Bertz CT molecular complexity index is 715. The minimum Gasteiger partial charge on any atom is -0.504 e. The lowest BCUT2D eigenvalue weighted by atomic mass is 9.80. The Kier molecular flexibility index (Phi) is 7.12. The summed E-state index contributed by atoms with van der Waals surface area (Å²) in [5, 5.41) is 57.3. The maximum Gasteiger partial charge on any atom is 0.157 e. The van der Waals surface area contributed by atoms with Gasteiger partial charge < -0.3 is 30.6 Å². The zero-order valence-corrected chi connectivity index (χ0v) is 14.5. The molecule has 0 saturated carbocycles. The Labute approximate surface area is 152 Å². The molecule has 6 nitrogen and oxygen atoms in total. The summed E-state index contributed by atoms with van der Waals surface area (Å²) >= 11 is 0. The van der Waals surface area contributed by atoms with Crippen molar-refractivity contribution in [3.05, 3.63) is 47.5 Å². The smallest absolute Gasteiger partial charge is 0.157 e.